The minimum absolute atomic E-state index is 0.611. The van der Waals surface area contributed by atoms with Crippen LogP contribution in [0.3, 0.4) is 0 Å². The molecule has 1 atom stereocenters. The molecular formula is C9H14BrN. The predicted molar refractivity (Wildman–Crippen MR) is 52.5 cm³/mol. The molecule has 0 aliphatic carbocycles. The fourth-order valence-corrected chi connectivity index (χ4v) is 1.69. The Labute approximate surface area is 76.3 Å². The summed E-state index contributed by atoms with van der Waals surface area (Å²) < 4.78 is 0. The first kappa shape index (κ1) is 8.85. The van der Waals surface area contributed by atoms with E-state index in [9.17, 15) is 0 Å². The molecule has 0 aliphatic heterocycles. The van der Waals surface area contributed by atoms with Crippen LogP contribution in [0.15, 0.2) is 6.07 Å². The second-order valence-corrected chi connectivity index (χ2v) is 3.74. The summed E-state index contributed by atoms with van der Waals surface area (Å²) in [6.45, 7) is 6.45. The highest BCUT2D eigenvalue weighted by Crippen LogP contribution is 2.21. The number of H-pyrrole nitrogens is 1. The van der Waals surface area contributed by atoms with Crippen LogP contribution in [0.2, 0.25) is 0 Å². The Balaban J connectivity index is 2.93. The van der Waals surface area contributed by atoms with Crippen LogP contribution in [0.25, 0.3) is 0 Å². The van der Waals surface area contributed by atoms with Crippen LogP contribution in [0.4, 0.5) is 0 Å². The summed E-state index contributed by atoms with van der Waals surface area (Å²) in [5.74, 6) is 0.611. The van der Waals surface area contributed by atoms with E-state index in [1.165, 1.54) is 17.0 Å². The number of hydrogen-bond donors (Lipinski definition) is 1. The average Bonchev–Trinajstić information content (AvgIpc) is 2.28. The molecule has 0 saturated heterocycles. The molecule has 0 unspecified atom stereocenters. The maximum atomic E-state index is 3.48. The van der Waals surface area contributed by atoms with Crippen molar-refractivity contribution in [3.63, 3.8) is 0 Å². The second-order valence-electron chi connectivity index (χ2n) is 3.09. The zero-order chi connectivity index (χ0) is 8.43. The van der Waals surface area contributed by atoms with Gasteiger partial charge in [-0.3, -0.25) is 0 Å². The van der Waals surface area contributed by atoms with Gasteiger partial charge in [0, 0.05) is 16.7 Å². The van der Waals surface area contributed by atoms with Gasteiger partial charge in [-0.05, 0) is 31.4 Å². The quantitative estimate of drug-likeness (QED) is 0.731. The lowest BCUT2D eigenvalue weighted by Crippen LogP contribution is -1.94. The number of halogens is 1. The lowest BCUT2D eigenvalue weighted by atomic mass is 10.0. The molecule has 1 aromatic heterocycles. The maximum Gasteiger partial charge on any atom is 0.0153 e. The summed E-state index contributed by atoms with van der Waals surface area (Å²) in [4.78, 5) is 3.30. The molecule has 0 fully saturated rings. The smallest absolute Gasteiger partial charge is 0.0153 e. The van der Waals surface area contributed by atoms with Crippen LogP contribution in [0.5, 0.6) is 0 Å². The monoisotopic (exact) mass is 215 g/mol. The number of nitrogens with one attached hydrogen (secondary N) is 1. The van der Waals surface area contributed by atoms with Gasteiger partial charge in [0.25, 0.3) is 0 Å². The Morgan fingerprint density at radius 3 is 2.55 bits per heavy atom. The van der Waals surface area contributed by atoms with Crippen molar-refractivity contribution >= 4 is 15.9 Å². The van der Waals surface area contributed by atoms with Crippen molar-refractivity contribution in [2.75, 3.05) is 5.33 Å². The van der Waals surface area contributed by atoms with E-state index in [1.54, 1.807) is 0 Å². The molecule has 0 amide bonds. The van der Waals surface area contributed by atoms with Gasteiger partial charge in [0.2, 0.25) is 0 Å². The first-order chi connectivity index (χ1) is 5.15. The molecule has 1 heterocycles. The minimum atomic E-state index is 0.611. The van der Waals surface area contributed by atoms with Gasteiger partial charge in [-0.2, -0.15) is 0 Å². The van der Waals surface area contributed by atoms with E-state index in [2.05, 4.69) is 47.8 Å². The van der Waals surface area contributed by atoms with E-state index >= 15 is 0 Å². The number of aromatic amines is 1. The minimum Gasteiger partial charge on any atom is -0.362 e. The summed E-state index contributed by atoms with van der Waals surface area (Å²) >= 11 is 3.48. The average molecular weight is 216 g/mol. The van der Waals surface area contributed by atoms with Gasteiger partial charge >= 0.3 is 0 Å². The zero-order valence-electron chi connectivity index (χ0n) is 7.24. The Morgan fingerprint density at radius 1 is 1.55 bits per heavy atom. The SMILES string of the molecule is Cc1cc([C@H](C)CBr)c(C)[nH]1. The third kappa shape index (κ3) is 1.86. The number of rotatable bonds is 2. The molecule has 1 rings (SSSR count). The predicted octanol–water partition coefficient (Wildman–Crippen LogP) is 3.13. The third-order valence-electron chi connectivity index (χ3n) is 1.95. The molecule has 1 N–H and O–H groups in total. The van der Waals surface area contributed by atoms with Gasteiger partial charge in [-0.25, -0.2) is 0 Å². The van der Waals surface area contributed by atoms with Crippen molar-refractivity contribution in [3.05, 3.63) is 23.0 Å². The van der Waals surface area contributed by atoms with E-state index in [1.807, 2.05) is 0 Å². The summed E-state index contributed by atoms with van der Waals surface area (Å²) in [5, 5.41) is 1.03. The molecule has 0 bridgehead atoms. The number of aryl methyl sites for hydroxylation is 2. The molecule has 0 aliphatic rings. The molecule has 0 saturated carbocycles. The highest BCUT2D eigenvalue weighted by atomic mass is 79.9. The summed E-state index contributed by atoms with van der Waals surface area (Å²) in [6.07, 6.45) is 0. The van der Waals surface area contributed by atoms with Crippen molar-refractivity contribution in [1.29, 1.82) is 0 Å². The molecule has 0 aromatic carbocycles. The first-order valence-corrected chi connectivity index (χ1v) is 4.99. The van der Waals surface area contributed by atoms with Crippen LogP contribution in [-0.4, -0.2) is 10.3 Å². The van der Waals surface area contributed by atoms with Crippen molar-refractivity contribution in [3.8, 4) is 0 Å². The van der Waals surface area contributed by atoms with Gasteiger partial charge in [0.15, 0.2) is 0 Å². The Kier molecular flexibility index (Phi) is 2.77. The van der Waals surface area contributed by atoms with Crippen molar-refractivity contribution in [2.45, 2.75) is 26.7 Å². The molecule has 62 valence electrons. The topological polar surface area (TPSA) is 15.8 Å². The van der Waals surface area contributed by atoms with Gasteiger partial charge < -0.3 is 4.98 Å². The number of hydrogen-bond acceptors (Lipinski definition) is 0. The van der Waals surface area contributed by atoms with E-state index in [-0.39, 0.29) is 0 Å². The van der Waals surface area contributed by atoms with E-state index in [0.717, 1.165) is 5.33 Å². The fraction of sp³-hybridized carbons (Fsp3) is 0.556. The largest absolute Gasteiger partial charge is 0.362 e. The van der Waals surface area contributed by atoms with Crippen LogP contribution in [-0.2, 0) is 0 Å². The van der Waals surface area contributed by atoms with Crippen LogP contribution in [0.1, 0.15) is 29.8 Å². The Bertz CT molecular complexity index is 240. The molecule has 1 aromatic rings. The van der Waals surface area contributed by atoms with Crippen LogP contribution >= 0.6 is 15.9 Å². The molecular weight excluding hydrogens is 202 g/mol. The van der Waals surface area contributed by atoms with E-state index in [0.29, 0.717) is 5.92 Å². The summed E-state index contributed by atoms with van der Waals surface area (Å²) in [5.41, 5.74) is 3.99. The van der Waals surface area contributed by atoms with Gasteiger partial charge in [-0.1, -0.05) is 22.9 Å². The van der Waals surface area contributed by atoms with Gasteiger partial charge in [-0.15, -0.1) is 0 Å². The molecule has 0 radical (unpaired) electrons. The van der Waals surface area contributed by atoms with Crippen LogP contribution < -0.4 is 0 Å². The molecule has 11 heavy (non-hydrogen) atoms. The van der Waals surface area contributed by atoms with Gasteiger partial charge in [0.1, 0.15) is 0 Å². The second kappa shape index (κ2) is 3.44. The lowest BCUT2D eigenvalue weighted by molar-refractivity contribution is 0.877. The summed E-state index contributed by atoms with van der Waals surface area (Å²) in [7, 11) is 0. The Hall–Kier alpha value is -0.240. The highest BCUT2D eigenvalue weighted by Gasteiger charge is 2.08. The first-order valence-electron chi connectivity index (χ1n) is 3.87. The Morgan fingerprint density at radius 2 is 2.18 bits per heavy atom. The molecule has 2 heteroatoms. The molecule has 0 spiro atoms. The number of aromatic nitrogens is 1. The lowest BCUT2D eigenvalue weighted by Gasteiger charge is -2.05. The zero-order valence-corrected chi connectivity index (χ0v) is 8.83. The van der Waals surface area contributed by atoms with Crippen molar-refractivity contribution < 1.29 is 0 Å². The maximum absolute atomic E-state index is 3.48. The van der Waals surface area contributed by atoms with E-state index < -0.39 is 0 Å². The van der Waals surface area contributed by atoms with E-state index in [4.69, 9.17) is 0 Å². The van der Waals surface area contributed by atoms with Crippen molar-refractivity contribution in [1.82, 2.24) is 4.98 Å². The van der Waals surface area contributed by atoms with Crippen molar-refractivity contribution in [2.24, 2.45) is 0 Å². The van der Waals surface area contributed by atoms with Crippen LogP contribution in [0, 0.1) is 13.8 Å². The standard InChI is InChI=1S/C9H14BrN/c1-6(5-10)9-4-7(2)11-8(9)3/h4,6,11H,5H2,1-3H3/t6-/m1/s1. The van der Waals surface area contributed by atoms with Gasteiger partial charge in [0.05, 0.1) is 0 Å². The highest BCUT2D eigenvalue weighted by molar-refractivity contribution is 9.09. The normalized spacial score (nSPS) is 13.5. The third-order valence-corrected chi connectivity index (χ3v) is 2.92. The molecule has 1 nitrogen and oxygen atoms in total. The summed E-state index contributed by atoms with van der Waals surface area (Å²) in [6, 6.07) is 2.22. The number of alkyl halides is 1. The fourth-order valence-electron chi connectivity index (χ4n) is 1.34.